The van der Waals surface area contributed by atoms with Gasteiger partial charge >= 0.3 is 0 Å². The lowest BCUT2D eigenvalue weighted by Crippen LogP contribution is -2.25. The highest BCUT2D eigenvalue weighted by Gasteiger charge is 2.15. The molecule has 0 N–H and O–H groups in total. The van der Waals surface area contributed by atoms with Gasteiger partial charge in [0.05, 0.1) is 17.5 Å². The number of pyridine rings is 1. The van der Waals surface area contributed by atoms with Gasteiger partial charge in [0.1, 0.15) is 0 Å². The van der Waals surface area contributed by atoms with Crippen LogP contribution in [-0.2, 0) is 4.18 Å². The van der Waals surface area contributed by atoms with Crippen molar-refractivity contribution < 1.29 is 4.18 Å². The van der Waals surface area contributed by atoms with Gasteiger partial charge in [-0.05, 0) is 74.1 Å². The summed E-state index contributed by atoms with van der Waals surface area (Å²) in [6, 6.07) is 12.2. The molecule has 1 unspecified atom stereocenters. The van der Waals surface area contributed by atoms with Gasteiger partial charge < -0.3 is 9.08 Å². The molecule has 2 heterocycles. The number of aromatic nitrogens is 1. The molecule has 0 radical (unpaired) electrons. The Bertz CT molecular complexity index is 763. The van der Waals surface area contributed by atoms with Crippen molar-refractivity contribution in [2.24, 2.45) is 10.2 Å². The monoisotopic (exact) mass is 454 g/mol. The summed E-state index contributed by atoms with van der Waals surface area (Å²) in [5.74, 6) is 1.17. The van der Waals surface area contributed by atoms with Gasteiger partial charge in [0.15, 0.2) is 0 Å². The van der Waals surface area contributed by atoms with Gasteiger partial charge in [0.2, 0.25) is 0 Å². The number of nitrogens with zero attached hydrogens (tertiary/aromatic N) is 4. The number of unbranched alkanes of at least 4 members (excludes halogenated alkanes) is 6. The van der Waals surface area contributed by atoms with Gasteiger partial charge in [-0.15, -0.1) is 0 Å². The lowest BCUT2D eigenvalue weighted by atomic mass is 10.1. The molecule has 1 saturated heterocycles. The average Bonchev–Trinajstić information content (AvgIpc) is 3.36. The van der Waals surface area contributed by atoms with E-state index in [0.717, 1.165) is 24.5 Å². The first kappa shape index (κ1) is 24.7. The van der Waals surface area contributed by atoms with Gasteiger partial charge in [0, 0.05) is 36.9 Å². The molecule has 0 bridgehead atoms. The number of anilines is 1. The van der Waals surface area contributed by atoms with E-state index in [1.165, 1.54) is 75.6 Å². The Morgan fingerprint density at radius 1 is 0.875 bits per heavy atom. The van der Waals surface area contributed by atoms with Gasteiger partial charge in [-0.3, -0.25) is 4.98 Å². The van der Waals surface area contributed by atoms with Crippen LogP contribution in [0.1, 0.15) is 71.1 Å². The molecule has 1 aliphatic rings. The number of rotatable bonds is 15. The van der Waals surface area contributed by atoms with Crippen molar-refractivity contribution in [1.82, 2.24) is 4.98 Å². The van der Waals surface area contributed by atoms with Gasteiger partial charge in [-0.1, -0.05) is 45.4 Å². The molecule has 1 fully saturated rings. The van der Waals surface area contributed by atoms with Crippen LogP contribution < -0.4 is 4.90 Å². The molecule has 2 aromatic rings. The van der Waals surface area contributed by atoms with Crippen molar-refractivity contribution in [3.05, 3.63) is 48.8 Å². The SMILES string of the molecule is CCCCCCN(CCCCCCC1CCSO1)c1ccc(/N=N/c2ccncc2)cc1. The molecule has 1 aromatic heterocycles. The smallest absolute Gasteiger partial charge is 0.0887 e. The first-order chi connectivity index (χ1) is 15.8. The lowest BCUT2D eigenvalue weighted by molar-refractivity contribution is 0.242. The summed E-state index contributed by atoms with van der Waals surface area (Å²) in [7, 11) is 0. The van der Waals surface area contributed by atoms with Crippen molar-refractivity contribution in [2.45, 2.75) is 77.2 Å². The fourth-order valence-electron chi connectivity index (χ4n) is 3.95. The largest absolute Gasteiger partial charge is 0.372 e. The van der Waals surface area contributed by atoms with Crippen LogP contribution in [0.25, 0.3) is 0 Å². The zero-order valence-corrected chi connectivity index (χ0v) is 20.3. The van der Waals surface area contributed by atoms with Gasteiger partial charge in [-0.2, -0.15) is 10.2 Å². The maximum absolute atomic E-state index is 5.66. The predicted octanol–water partition coefficient (Wildman–Crippen LogP) is 8.27. The molecule has 1 aromatic carbocycles. The van der Waals surface area contributed by atoms with E-state index in [2.05, 4.69) is 51.3 Å². The maximum atomic E-state index is 5.66. The van der Waals surface area contributed by atoms with Crippen molar-refractivity contribution >= 4 is 29.1 Å². The third-order valence-corrected chi connectivity index (χ3v) is 6.68. The lowest BCUT2D eigenvalue weighted by Gasteiger charge is -2.25. The molecule has 1 atom stereocenters. The Morgan fingerprint density at radius 3 is 2.19 bits per heavy atom. The first-order valence-corrected chi connectivity index (χ1v) is 13.2. The molecule has 174 valence electrons. The normalized spacial score (nSPS) is 16.1. The third kappa shape index (κ3) is 9.29. The summed E-state index contributed by atoms with van der Waals surface area (Å²) in [5, 5.41) is 8.65. The molecule has 5 nitrogen and oxygen atoms in total. The fraction of sp³-hybridized carbons (Fsp3) is 0.577. The van der Waals surface area contributed by atoms with E-state index in [1.54, 1.807) is 24.4 Å². The molecule has 32 heavy (non-hydrogen) atoms. The Kier molecular flexibility index (Phi) is 11.6. The fourth-order valence-corrected chi connectivity index (χ4v) is 4.79. The van der Waals surface area contributed by atoms with Crippen LogP contribution in [0.15, 0.2) is 59.0 Å². The molecule has 3 rings (SSSR count). The highest BCUT2D eigenvalue weighted by Crippen LogP contribution is 2.26. The molecule has 6 heteroatoms. The predicted molar refractivity (Wildman–Crippen MR) is 136 cm³/mol. The molecule has 1 aliphatic heterocycles. The van der Waals surface area contributed by atoms with Gasteiger partial charge in [-0.25, -0.2) is 0 Å². The summed E-state index contributed by atoms with van der Waals surface area (Å²) in [6.07, 6.45) is 16.7. The average molecular weight is 455 g/mol. The Morgan fingerprint density at radius 2 is 1.53 bits per heavy atom. The van der Waals surface area contributed by atoms with Crippen LogP contribution in [0.2, 0.25) is 0 Å². The Hall–Kier alpha value is -1.92. The van der Waals surface area contributed by atoms with E-state index in [-0.39, 0.29) is 0 Å². The summed E-state index contributed by atoms with van der Waals surface area (Å²) in [5.41, 5.74) is 2.99. The second-order valence-electron chi connectivity index (χ2n) is 8.50. The number of hydrogen-bond acceptors (Lipinski definition) is 6. The van der Waals surface area contributed by atoms with E-state index in [9.17, 15) is 0 Å². The van der Waals surface area contributed by atoms with Crippen molar-refractivity contribution in [3.63, 3.8) is 0 Å². The van der Waals surface area contributed by atoms with Crippen LogP contribution in [-0.4, -0.2) is 29.9 Å². The van der Waals surface area contributed by atoms with E-state index in [4.69, 9.17) is 4.18 Å². The molecule has 0 aliphatic carbocycles. The summed E-state index contributed by atoms with van der Waals surface area (Å²) in [6.45, 7) is 4.52. The third-order valence-electron chi connectivity index (χ3n) is 5.87. The van der Waals surface area contributed by atoms with Crippen molar-refractivity contribution in [3.8, 4) is 0 Å². The second-order valence-corrected chi connectivity index (χ2v) is 9.34. The minimum absolute atomic E-state index is 0.504. The van der Waals surface area contributed by atoms with Crippen LogP contribution in [0, 0.1) is 0 Å². The second kappa shape index (κ2) is 15.0. The number of azo groups is 1. The maximum Gasteiger partial charge on any atom is 0.0887 e. The minimum Gasteiger partial charge on any atom is -0.372 e. The molecular formula is C26H38N4OS. The highest BCUT2D eigenvalue weighted by molar-refractivity contribution is 7.94. The summed E-state index contributed by atoms with van der Waals surface area (Å²) >= 11 is 1.64. The van der Waals surface area contributed by atoms with Gasteiger partial charge in [0.25, 0.3) is 0 Å². The summed E-state index contributed by atoms with van der Waals surface area (Å²) < 4.78 is 5.66. The van der Waals surface area contributed by atoms with Crippen LogP contribution in [0.3, 0.4) is 0 Å². The van der Waals surface area contributed by atoms with Crippen molar-refractivity contribution in [1.29, 1.82) is 0 Å². The van der Waals surface area contributed by atoms with E-state index < -0.39 is 0 Å². The zero-order valence-electron chi connectivity index (χ0n) is 19.5. The van der Waals surface area contributed by atoms with E-state index in [1.807, 2.05) is 12.1 Å². The topological polar surface area (TPSA) is 50.1 Å². The molecule has 0 saturated carbocycles. The molecular weight excluding hydrogens is 416 g/mol. The number of hydrogen-bond donors (Lipinski definition) is 0. The first-order valence-electron chi connectivity index (χ1n) is 12.3. The van der Waals surface area contributed by atoms with Crippen molar-refractivity contribution in [2.75, 3.05) is 23.7 Å². The highest BCUT2D eigenvalue weighted by atomic mass is 32.2. The zero-order chi connectivity index (χ0) is 22.3. The molecule has 0 amide bonds. The van der Waals surface area contributed by atoms with Crippen LogP contribution >= 0.6 is 12.0 Å². The Labute approximate surface area is 198 Å². The van der Waals surface area contributed by atoms with E-state index >= 15 is 0 Å². The summed E-state index contributed by atoms with van der Waals surface area (Å²) in [4.78, 5) is 6.56. The standard InChI is InChI=1S/C26H38N4OS/c1-2-3-4-8-20-30(21-9-6-5-7-10-26-17-22-32-31-26)25-13-11-23(12-14-25)28-29-24-15-18-27-19-16-24/h11-16,18-19,26H,2-10,17,20-22H2,1H3/b29-28+. The van der Waals surface area contributed by atoms with E-state index in [0.29, 0.717) is 6.10 Å². The quantitative estimate of drug-likeness (QED) is 0.154. The van der Waals surface area contributed by atoms with Crippen LogP contribution in [0.5, 0.6) is 0 Å². The van der Waals surface area contributed by atoms with Crippen LogP contribution in [0.4, 0.5) is 17.1 Å². The molecule has 0 spiro atoms. The minimum atomic E-state index is 0.504. The Balaban J connectivity index is 1.46. The number of benzene rings is 1.